The largest absolute Gasteiger partial charge is 0.335 e. The molecule has 5 nitrogen and oxygen atoms in total. The molecule has 1 heterocycles. The number of thioether (sulfide) groups is 1. The first kappa shape index (κ1) is 20.4. The lowest BCUT2D eigenvalue weighted by Crippen LogP contribution is -2.33. The van der Waals surface area contributed by atoms with Gasteiger partial charge in [0, 0.05) is 16.5 Å². The van der Waals surface area contributed by atoms with Crippen LogP contribution in [0.15, 0.2) is 46.1 Å². The molecular formula is C21H22ClN3O2S. The second-order valence-corrected chi connectivity index (χ2v) is 8.09. The topological polar surface area (TPSA) is 66.1 Å². The Morgan fingerprint density at radius 3 is 2.75 bits per heavy atom. The summed E-state index contributed by atoms with van der Waals surface area (Å²) in [4.78, 5) is 35.0. The van der Waals surface area contributed by atoms with Gasteiger partial charge in [-0.05, 0) is 50.6 Å². The van der Waals surface area contributed by atoms with Crippen LogP contribution in [0, 0.1) is 13.8 Å². The number of amides is 1. The molecule has 0 bridgehead atoms. The van der Waals surface area contributed by atoms with E-state index in [1.807, 2.05) is 20.8 Å². The lowest BCUT2D eigenvalue weighted by Gasteiger charge is -2.20. The Balaban J connectivity index is 1.74. The van der Waals surface area contributed by atoms with Gasteiger partial charge in [-0.3, -0.25) is 9.59 Å². The number of carbonyl (C=O) groups excluding carboxylic acids is 1. The Hall–Kier alpha value is -2.31. The van der Waals surface area contributed by atoms with Gasteiger partial charge in [0.05, 0.1) is 23.2 Å². The number of aromatic nitrogens is 2. The zero-order chi connectivity index (χ0) is 20.3. The third-order valence-corrected chi connectivity index (χ3v) is 5.86. The van der Waals surface area contributed by atoms with E-state index in [0.29, 0.717) is 34.0 Å². The van der Waals surface area contributed by atoms with E-state index >= 15 is 0 Å². The predicted molar refractivity (Wildman–Crippen MR) is 115 cm³/mol. The van der Waals surface area contributed by atoms with E-state index in [2.05, 4.69) is 28.2 Å². The molecule has 3 aromatic rings. The molecule has 0 unspecified atom stereocenters. The number of nitrogens with one attached hydrogen (secondary N) is 1. The summed E-state index contributed by atoms with van der Waals surface area (Å²) in [5, 5.41) is 0.998. The minimum Gasteiger partial charge on any atom is -0.335 e. The summed E-state index contributed by atoms with van der Waals surface area (Å²) >= 11 is 7.54. The molecule has 0 aliphatic heterocycles. The molecule has 0 radical (unpaired) electrons. The van der Waals surface area contributed by atoms with Gasteiger partial charge in [-0.25, -0.2) is 4.98 Å². The van der Waals surface area contributed by atoms with Crippen LogP contribution in [0.5, 0.6) is 0 Å². The van der Waals surface area contributed by atoms with Gasteiger partial charge in [0.2, 0.25) is 5.91 Å². The van der Waals surface area contributed by atoms with E-state index in [1.165, 1.54) is 17.3 Å². The highest BCUT2D eigenvalue weighted by atomic mass is 35.5. The van der Waals surface area contributed by atoms with Gasteiger partial charge < -0.3 is 9.88 Å². The summed E-state index contributed by atoms with van der Waals surface area (Å²) in [6, 6.07) is 11.2. The Kier molecular flexibility index (Phi) is 6.42. The number of nitrogens with zero attached hydrogens (tertiary/aromatic N) is 2. The predicted octanol–water partition coefficient (Wildman–Crippen LogP) is 4.33. The number of benzene rings is 2. The number of hydrogen-bond donors (Lipinski definition) is 1. The Labute approximate surface area is 173 Å². The van der Waals surface area contributed by atoms with Crippen molar-refractivity contribution in [1.29, 1.82) is 0 Å². The summed E-state index contributed by atoms with van der Waals surface area (Å²) in [5.74, 6) is 0.788. The zero-order valence-electron chi connectivity index (χ0n) is 16.1. The third-order valence-electron chi connectivity index (χ3n) is 4.49. The highest BCUT2D eigenvalue weighted by Crippen LogP contribution is 2.24. The van der Waals surface area contributed by atoms with Crippen molar-refractivity contribution in [3.63, 3.8) is 0 Å². The van der Waals surface area contributed by atoms with Crippen molar-refractivity contribution in [3.8, 4) is 0 Å². The number of rotatable bonds is 6. The maximum absolute atomic E-state index is 12.7. The van der Waals surface area contributed by atoms with Crippen molar-refractivity contribution in [2.75, 3.05) is 12.3 Å². The Bertz CT molecular complexity index is 1080. The molecule has 1 amide bonds. The van der Waals surface area contributed by atoms with Crippen molar-refractivity contribution >= 4 is 40.2 Å². The fourth-order valence-corrected chi connectivity index (χ4v) is 4.08. The first-order chi connectivity index (χ1) is 13.4. The zero-order valence-corrected chi connectivity index (χ0v) is 17.7. The fourth-order valence-electron chi connectivity index (χ4n) is 2.89. The number of aromatic amines is 1. The van der Waals surface area contributed by atoms with Gasteiger partial charge >= 0.3 is 0 Å². The smallest absolute Gasteiger partial charge is 0.258 e. The van der Waals surface area contributed by atoms with Gasteiger partial charge in [0.15, 0.2) is 0 Å². The molecule has 2 aromatic carbocycles. The minimum absolute atomic E-state index is 0.00208. The van der Waals surface area contributed by atoms with E-state index in [4.69, 9.17) is 11.6 Å². The molecule has 146 valence electrons. The second-order valence-electron chi connectivity index (χ2n) is 6.64. The van der Waals surface area contributed by atoms with Gasteiger partial charge in [0.25, 0.3) is 5.56 Å². The lowest BCUT2D eigenvalue weighted by molar-refractivity contribution is -0.128. The van der Waals surface area contributed by atoms with Gasteiger partial charge in [-0.1, -0.05) is 29.3 Å². The first-order valence-electron chi connectivity index (χ1n) is 9.03. The van der Waals surface area contributed by atoms with Crippen LogP contribution in [0.2, 0.25) is 5.02 Å². The maximum Gasteiger partial charge on any atom is 0.258 e. The molecule has 0 spiro atoms. The van der Waals surface area contributed by atoms with Crippen LogP contribution in [-0.2, 0) is 11.3 Å². The van der Waals surface area contributed by atoms with E-state index in [9.17, 15) is 9.59 Å². The molecule has 0 atom stereocenters. The fraction of sp³-hybridized carbons (Fsp3) is 0.286. The first-order valence-corrected chi connectivity index (χ1v) is 10.4. The van der Waals surface area contributed by atoms with Crippen LogP contribution < -0.4 is 5.56 Å². The third kappa shape index (κ3) is 4.75. The van der Waals surface area contributed by atoms with E-state index in [1.54, 1.807) is 23.1 Å². The maximum atomic E-state index is 12.7. The summed E-state index contributed by atoms with van der Waals surface area (Å²) in [6.45, 7) is 6.77. The molecule has 0 fully saturated rings. The molecular weight excluding hydrogens is 394 g/mol. The summed E-state index contributed by atoms with van der Waals surface area (Å²) in [7, 11) is 0. The molecule has 3 rings (SSSR count). The molecule has 0 saturated carbocycles. The average molecular weight is 416 g/mol. The standard InChI is InChI=1S/C21H22ClN3O2S/c1-4-25(20(26)12-28-18-9-13(2)5-6-14(18)3)11-19-23-17-10-15(22)7-8-16(17)21(27)24-19/h5-10H,4,11-12H2,1-3H3,(H,23,24,27). The van der Waals surface area contributed by atoms with Crippen LogP contribution in [0.1, 0.15) is 23.9 Å². The summed E-state index contributed by atoms with van der Waals surface area (Å²) in [6.07, 6.45) is 0. The molecule has 1 N–H and O–H groups in total. The van der Waals surface area contributed by atoms with E-state index in [0.717, 1.165) is 10.5 Å². The van der Waals surface area contributed by atoms with Crippen molar-refractivity contribution in [2.24, 2.45) is 0 Å². The van der Waals surface area contributed by atoms with Crippen molar-refractivity contribution in [3.05, 3.63) is 68.7 Å². The van der Waals surface area contributed by atoms with Crippen LogP contribution in [-0.4, -0.2) is 33.1 Å². The van der Waals surface area contributed by atoms with Crippen molar-refractivity contribution < 1.29 is 4.79 Å². The Morgan fingerprint density at radius 2 is 2.00 bits per heavy atom. The monoisotopic (exact) mass is 415 g/mol. The van der Waals surface area contributed by atoms with Crippen LogP contribution in [0.25, 0.3) is 10.9 Å². The SMILES string of the molecule is CCN(Cc1nc2cc(Cl)ccc2c(=O)[nH]1)C(=O)CSc1cc(C)ccc1C. The highest BCUT2D eigenvalue weighted by molar-refractivity contribution is 8.00. The lowest BCUT2D eigenvalue weighted by atomic mass is 10.2. The molecule has 0 aliphatic carbocycles. The van der Waals surface area contributed by atoms with Crippen LogP contribution in [0.3, 0.4) is 0 Å². The second kappa shape index (κ2) is 8.80. The average Bonchev–Trinajstić information content (AvgIpc) is 2.66. The molecule has 1 aromatic heterocycles. The number of fused-ring (bicyclic) bond motifs is 1. The number of hydrogen-bond acceptors (Lipinski definition) is 4. The minimum atomic E-state index is -0.232. The number of carbonyl (C=O) groups is 1. The van der Waals surface area contributed by atoms with Crippen molar-refractivity contribution in [1.82, 2.24) is 14.9 Å². The normalized spacial score (nSPS) is 11.0. The van der Waals surface area contributed by atoms with Crippen molar-refractivity contribution in [2.45, 2.75) is 32.2 Å². The molecule has 28 heavy (non-hydrogen) atoms. The summed E-state index contributed by atoms with van der Waals surface area (Å²) in [5.41, 5.74) is 2.62. The molecule has 0 saturated heterocycles. The Morgan fingerprint density at radius 1 is 1.21 bits per heavy atom. The van der Waals surface area contributed by atoms with E-state index in [-0.39, 0.29) is 18.0 Å². The number of halogens is 1. The molecule has 7 heteroatoms. The highest BCUT2D eigenvalue weighted by Gasteiger charge is 2.15. The number of aryl methyl sites for hydroxylation is 2. The van der Waals surface area contributed by atoms with Gasteiger partial charge in [0.1, 0.15) is 5.82 Å². The number of H-pyrrole nitrogens is 1. The quantitative estimate of drug-likeness (QED) is 0.608. The van der Waals surface area contributed by atoms with E-state index < -0.39 is 0 Å². The summed E-state index contributed by atoms with van der Waals surface area (Å²) < 4.78 is 0. The molecule has 0 aliphatic rings. The van der Waals surface area contributed by atoms with Gasteiger partial charge in [-0.2, -0.15) is 0 Å². The van der Waals surface area contributed by atoms with Crippen LogP contribution in [0.4, 0.5) is 0 Å². The van der Waals surface area contributed by atoms with Crippen LogP contribution >= 0.6 is 23.4 Å². The van der Waals surface area contributed by atoms with Gasteiger partial charge in [-0.15, -0.1) is 11.8 Å².